The van der Waals surface area contributed by atoms with Crippen molar-refractivity contribution < 1.29 is 9.59 Å². The first-order valence-electron chi connectivity index (χ1n) is 4.82. The molecular formula is C9H8N4O2S. The van der Waals surface area contributed by atoms with Crippen LogP contribution in [0.15, 0.2) is 6.20 Å². The highest BCUT2D eigenvalue weighted by Crippen LogP contribution is 2.48. The van der Waals surface area contributed by atoms with Crippen molar-refractivity contribution in [1.82, 2.24) is 10.2 Å². The standard InChI is InChI=1S/C9H8N4O2S/c10-6(16)5-2-11-12-7(5)13-8(14)3-1-4(3)9(13)15/h2-4H,1H2,(H2,10,16)(H,11,12). The van der Waals surface area contributed by atoms with E-state index in [9.17, 15) is 9.59 Å². The number of carbonyl (C=O) groups is 2. The maximum atomic E-state index is 11.8. The predicted molar refractivity (Wildman–Crippen MR) is 58.6 cm³/mol. The number of aromatic amines is 1. The molecule has 0 radical (unpaired) electrons. The first-order valence-corrected chi connectivity index (χ1v) is 5.23. The first-order chi connectivity index (χ1) is 7.61. The summed E-state index contributed by atoms with van der Waals surface area (Å²) in [6, 6.07) is 0. The quantitative estimate of drug-likeness (QED) is 0.536. The molecule has 2 amide bonds. The summed E-state index contributed by atoms with van der Waals surface area (Å²) in [4.78, 5) is 24.8. The van der Waals surface area contributed by atoms with Gasteiger partial charge in [-0.1, -0.05) is 12.2 Å². The number of carbonyl (C=O) groups excluding carboxylic acids is 2. The Morgan fingerprint density at radius 3 is 2.69 bits per heavy atom. The van der Waals surface area contributed by atoms with Crippen molar-refractivity contribution in [3.8, 4) is 0 Å². The summed E-state index contributed by atoms with van der Waals surface area (Å²) in [7, 11) is 0. The Balaban J connectivity index is 2.04. The van der Waals surface area contributed by atoms with Crippen molar-refractivity contribution in [2.75, 3.05) is 4.90 Å². The molecule has 2 atom stereocenters. The molecule has 1 saturated carbocycles. The molecule has 2 aliphatic rings. The summed E-state index contributed by atoms with van der Waals surface area (Å²) in [6.07, 6.45) is 2.09. The molecule has 82 valence electrons. The van der Waals surface area contributed by atoms with Crippen LogP contribution in [-0.4, -0.2) is 27.0 Å². The molecule has 2 heterocycles. The van der Waals surface area contributed by atoms with E-state index >= 15 is 0 Å². The summed E-state index contributed by atoms with van der Waals surface area (Å²) in [6.45, 7) is 0. The highest BCUT2D eigenvalue weighted by molar-refractivity contribution is 7.80. The van der Waals surface area contributed by atoms with Crippen molar-refractivity contribution in [2.45, 2.75) is 6.42 Å². The lowest BCUT2D eigenvalue weighted by atomic mass is 10.3. The number of hydrogen-bond donors (Lipinski definition) is 2. The highest BCUT2D eigenvalue weighted by atomic mass is 32.1. The summed E-state index contributed by atoms with van der Waals surface area (Å²) >= 11 is 4.83. The molecule has 1 aliphatic carbocycles. The Morgan fingerprint density at radius 1 is 1.50 bits per heavy atom. The molecule has 1 aliphatic heterocycles. The molecule has 1 aromatic rings. The predicted octanol–water partition coefficient (Wildman–Crippen LogP) is -0.447. The lowest BCUT2D eigenvalue weighted by Crippen LogP contribution is -2.34. The number of amides is 2. The van der Waals surface area contributed by atoms with E-state index in [0.717, 1.165) is 4.90 Å². The van der Waals surface area contributed by atoms with E-state index in [-0.39, 0.29) is 28.6 Å². The number of piperidine rings is 1. The van der Waals surface area contributed by atoms with Crippen LogP contribution in [0.2, 0.25) is 0 Å². The third-order valence-corrected chi connectivity index (χ3v) is 3.19. The van der Waals surface area contributed by atoms with Crippen molar-refractivity contribution in [3.05, 3.63) is 11.8 Å². The number of H-pyrrole nitrogens is 1. The third-order valence-electron chi connectivity index (χ3n) is 2.97. The Hall–Kier alpha value is -1.76. The second-order valence-corrected chi connectivity index (χ2v) is 4.40. The van der Waals surface area contributed by atoms with Gasteiger partial charge in [0.15, 0.2) is 0 Å². The molecular weight excluding hydrogens is 228 g/mol. The fraction of sp³-hybridized carbons (Fsp3) is 0.333. The molecule has 6 nitrogen and oxygen atoms in total. The maximum absolute atomic E-state index is 11.8. The van der Waals surface area contributed by atoms with Crippen molar-refractivity contribution in [2.24, 2.45) is 17.6 Å². The molecule has 0 spiro atoms. The summed E-state index contributed by atoms with van der Waals surface area (Å²) in [5, 5.41) is 6.36. The normalized spacial score (nSPS) is 27.1. The number of imide groups is 1. The van der Waals surface area contributed by atoms with Crippen LogP contribution in [-0.2, 0) is 9.59 Å². The van der Waals surface area contributed by atoms with E-state index in [1.165, 1.54) is 6.20 Å². The number of fused-ring (bicyclic) bond motifs is 1. The first kappa shape index (κ1) is 9.46. The SMILES string of the molecule is NC(=S)c1cn[nH]c1N1C(=O)C2CC2C1=O. The van der Waals surface area contributed by atoms with Gasteiger partial charge in [-0.2, -0.15) is 5.10 Å². The minimum absolute atomic E-state index is 0.116. The lowest BCUT2D eigenvalue weighted by molar-refractivity contribution is -0.123. The van der Waals surface area contributed by atoms with Crippen LogP contribution in [0.25, 0.3) is 0 Å². The van der Waals surface area contributed by atoms with E-state index in [1.807, 2.05) is 0 Å². The second kappa shape index (κ2) is 2.88. The van der Waals surface area contributed by atoms with E-state index in [0.29, 0.717) is 17.8 Å². The molecule has 3 rings (SSSR count). The smallest absolute Gasteiger partial charge is 0.238 e. The van der Waals surface area contributed by atoms with Gasteiger partial charge < -0.3 is 5.73 Å². The number of nitrogens with two attached hydrogens (primary N) is 1. The van der Waals surface area contributed by atoms with Crippen molar-refractivity contribution in [1.29, 1.82) is 0 Å². The Kier molecular flexibility index (Phi) is 1.70. The van der Waals surface area contributed by atoms with Crippen LogP contribution in [0.5, 0.6) is 0 Å². The number of nitrogens with zero attached hydrogens (tertiary/aromatic N) is 2. The summed E-state index contributed by atoms with van der Waals surface area (Å²) in [5.41, 5.74) is 5.91. The zero-order valence-electron chi connectivity index (χ0n) is 8.14. The van der Waals surface area contributed by atoms with Gasteiger partial charge in [-0.05, 0) is 6.42 Å². The Labute approximate surface area is 95.8 Å². The molecule has 3 N–H and O–H groups in total. The summed E-state index contributed by atoms with van der Waals surface area (Å²) < 4.78 is 0. The number of aromatic nitrogens is 2. The van der Waals surface area contributed by atoms with Gasteiger partial charge in [0.25, 0.3) is 0 Å². The van der Waals surface area contributed by atoms with Gasteiger partial charge in [-0.3, -0.25) is 14.7 Å². The Bertz CT molecular complexity index is 503. The van der Waals surface area contributed by atoms with E-state index in [1.54, 1.807) is 0 Å². The van der Waals surface area contributed by atoms with Gasteiger partial charge in [0, 0.05) is 0 Å². The van der Waals surface area contributed by atoms with Gasteiger partial charge in [-0.25, -0.2) is 4.90 Å². The maximum Gasteiger partial charge on any atom is 0.238 e. The Morgan fingerprint density at radius 2 is 2.12 bits per heavy atom. The topological polar surface area (TPSA) is 92.1 Å². The molecule has 2 fully saturated rings. The number of hydrogen-bond acceptors (Lipinski definition) is 4. The average molecular weight is 236 g/mol. The van der Waals surface area contributed by atoms with Gasteiger partial charge in [0.1, 0.15) is 10.8 Å². The fourth-order valence-corrected chi connectivity index (χ4v) is 2.18. The number of thiocarbonyl (C=S) groups is 1. The number of nitrogens with one attached hydrogen (secondary N) is 1. The van der Waals surface area contributed by atoms with Crippen LogP contribution in [0.1, 0.15) is 12.0 Å². The van der Waals surface area contributed by atoms with Crippen LogP contribution >= 0.6 is 12.2 Å². The monoisotopic (exact) mass is 236 g/mol. The average Bonchev–Trinajstić information content (AvgIpc) is 2.82. The molecule has 0 bridgehead atoms. The molecule has 1 aromatic heterocycles. The zero-order chi connectivity index (χ0) is 11.4. The largest absolute Gasteiger partial charge is 0.389 e. The summed E-state index contributed by atoms with van der Waals surface area (Å²) in [5.74, 6) is -0.354. The van der Waals surface area contributed by atoms with Gasteiger partial charge in [0.05, 0.1) is 23.6 Å². The van der Waals surface area contributed by atoms with E-state index in [2.05, 4.69) is 10.2 Å². The van der Waals surface area contributed by atoms with Crippen LogP contribution in [0.3, 0.4) is 0 Å². The molecule has 0 aromatic carbocycles. The minimum atomic E-state index is -0.184. The third kappa shape index (κ3) is 1.06. The minimum Gasteiger partial charge on any atom is -0.389 e. The van der Waals surface area contributed by atoms with Crippen LogP contribution < -0.4 is 10.6 Å². The molecule has 16 heavy (non-hydrogen) atoms. The van der Waals surface area contributed by atoms with Gasteiger partial charge >= 0.3 is 0 Å². The van der Waals surface area contributed by atoms with Crippen molar-refractivity contribution >= 4 is 34.8 Å². The van der Waals surface area contributed by atoms with Crippen molar-refractivity contribution in [3.63, 3.8) is 0 Å². The second-order valence-electron chi connectivity index (χ2n) is 3.96. The molecule has 1 saturated heterocycles. The van der Waals surface area contributed by atoms with Crippen LogP contribution in [0, 0.1) is 11.8 Å². The number of rotatable bonds is 2. The lowest BCUT2D eigenvalue weighted by Gasteiger charge is -2.15. The van der Waals surface area contributed by atoms with E-state index < -0.39 is 0 Å². The fourth-order valence-electron chi connectivity index (χ4n) is 2.03. The zero-order valence-corrected chi connectivity index (χ0v) is 8.95. The number of anilines is 1. The van der Waals surface area contributed by atoms with Crippen LogP contribution in [0.4, 0.5) is 5.82 Å². The molecule has 2 unspecified atom stereocenters. The highest BCUT2D eigenvalue weighted by Gasteiger charge is 2.60. The van der Waals surface area contributed by atoms with E-state index in [4.69, 9.17) is 18.0 Å². The van der Waals surface area contributed by atoms with Gasteiger partial charge in [-0.15, -0.1) is 0 Å². The van der Waals surface area contributed by atoms with Gasteiger partial charge in [0.2, 0.25) is 11.8 Å². The molecule has 7 heteroatoms.